The fourth-order valence-corrected chi connectivity index (χ4v) is 4.61. The zero-order valence-corrected chi connectivity index (χ0v) is 18.1. The second-order valence-corrected chi connectivity index (χ2v) is 9.05. The molecular weight excluding hydrogens is 384 g/mol. The zero-order valence-electron chi connectivity index (χ0n) is 18.1. The van der Waals surface area contributed by atoms with Gasteiger partial charge in [0.25, 0.3) is 0 Å². The third kappa shape index (κ3) is 5.00. The van der Waals surface area contributed by atoms with Crippen LogP contribution in [0.3, 0.4) is 0 Å². The van der Waals surface area contributed by atoms with Gasteiger partial charge in [0.15, 0.2) is 0 Å². The number of nitrogens with one attached hydrogen (secondary N) is 3. The molecule has 3 N–H and O–H groups in total. The molecule has 5 rings (SSSR count). The average Bonchev–Trinajstić information content (AvgIpc) is 3.55. The molecule has 0 radical (unpaired) electrons. The number of para-hydroxylation sites is 1. The Morgan fingerprint density at radius 1 is 1.10 bits per heavy atom. The van der Waals surface area contributed by atoms with Gasteiger partial charge in [-0.2, -0.15) is 0 Å². The maximum atomic E-state index is 13.1. The predicted octanol–water partition coefficient (Wildman–Crippen LogP) is 3.25. The van der Waals surface area contributed by atoms with Crippen molar-refractivity contribution < 1.29 is 4.79 Å². The van der Waals surface area contributed by atoms with E-state index in [4.69, 9.17) is 0 Å². The summed E-state index contributed by atoms with van der Waals surface area (Å²) in [6.07, 6.45) is 6.42. The van der Waals surface area contributed by atoms with Gasteiger partial charge in [-0.15, -0.1) is 0 Å². The highest BCUT2D eigenvalue weighted by Gasteiger charge is 2.26. The van der Waals surface area contributed by atoms with Gasteiger partial charge in [0.2, 0.25) is 5.91 Å². The molecule has 5 heteroatoms. The third-order valence-electron chi connectivity index (χ3n) is 6.70. The normalized spacial score (nSPS) is 17.4. The number of carbonyl (C=O) groups is 1. The fourth-order valence-electron chi connectivity index (χ4n) is 4.61. The lowest BCUT2D eigenvalue weighted by atomic mass is 10.00. The summed E-state index contributed by atoms with van der Waals surface area (Å²) in [5.41, 5.74) is 5.21. The lowest BCUT2D eigenvalue weighted by Crippen LogP contribution is -2.48. The van der Waals surface area contributed by atoms with E-state index < -0.39 is 0 Å². The Balaban J connectivity index is 1.17. The Morgan fingerprint density at radius 3 is 2.77 bits per heavy atom. The SMILES string of the molecule is O=C(NCCN1CCc2ccccc2C1)C(Cc1c[nH]c2ccccc12)NCC1CC1. The summed E-state index contributed by atoms with van der Waals surface area (Å²) in [6.45, 7) is 4.55. The first-order valence-electron chi connectivity index (χ1n) is 11.6. The number of aromatic amines is 1. The van der Waals surface area contributed by atoms with E-state index in [0.29, 0.717) is 13.0 Å². The molecule has 1 atom stereocenters. The molecule has 1 saturated carbocycles. The summed E-state index contributed by atoms with van der Waals surface area (Å²) in [5, 5.41) is 7.96. The Morgan fingerprint density at radius 2 is 1.90 bits per heavy atom. The number of amides is 1. The van der Waals surface area contributed by atoms with E-state index in [-0.39, 0.29) is 11.9 Å². The third-order valence-corrected chi connectivity index (χ3v) is 6.70. The highest BCUT2D eigenvalue weighted by atomic mass is 16.2. The van der Waals surface area contributed by atoms with Crippen LogP contribution in [0.5, 0.6) is 0 Å². The van der Waals surface area contributed by atoms with Crippen LogP contribution in [-0.2, 0) is 24.2 Å². The molecule has 1 aliphatic heterocycles. The van der Waals surface area contributed by atoms with Crippen molar-refractivity contribution in [3.63, 3.8) is 0 Å². The monoisotopic (exact) mass is 416 g/mol. The highest BCUT2D eigenvalue weighted by Crippen LogP contribution is 2.28. The molecular formula is C26H32N4O. The topological polar surface area (TPSA) is 60.2 Å². The highest BCUT2D eigenvalue weighted by molar-refractivity contribution is 5.86. The Bertz CT molecular complexity index is 1040. The molecule has 3 aromatic rings. The molecule has 0 spiro atoms. The summed E-state index contributed by atoms with van der Waals surface area (Å²) in [4.78, 5) is 18.9. The van der Waals surface area contributed by atoms with Crippen molar-refractivity contribution in [2.45, 2.75) is 38.3 Å². The second-order valence-electron chi connectivity index (χ2n) is 9.05. The van der Waals surface area contributed by atoms with Crippen molar-refractivity contribution in [2.24, 2.45) is 5.92 Å². The zero-order chi connectivity index (χ0) is 21.0. The lowest BCUT2D eigenvalue weighted by molar-refractivity contribution is -0.123. The van der Waals surface area contributed by atoms with Gasteiger partial charge < -0.3 is 15.6 Å². The molecule has 1 unspecified atom stereocenters. The molecule has 31 heavy (non-hydrogen) atoms. The van der Waals surface area contributed by atoms with E-state index in [1.165, 1.54) is 34.9 Å². The van der Waals surface area contributed by atoms with Crippen LogP contribution in [0.25, 0.3) is 10.9 Å². The molecule has 2 aliphatic rings. The Kier molecular flexibility index (Phi) is 6.05. The van der Waals surface area contributed by atoms with Gasteiger partial charge in [0.05, 0.1) is 6.04 Å². The second kappa shape index (κ2) is 9.25. The number of rotatable bonds is 9. The van der Waals surface area contributed by atoms with Gasteiger partial charge in [-0.3, -0.25) is 9.69 Å². The summed E-state index contributed by atoms with van der Waals surface area (Å²) >= 11 is 0. The van der Waals surface area contributed by atoms with Gasteiger partial charge in [0.1, 0.15) is 0 Å². The summed E-state index contributed by atoms with van der Waals surface area (Å²) in [7, 11) is 0. The largest absolute Gasteiger partial charge is 0.361 e. The van der Waals surface area contributed by atoms with E-state index in [1.807, 2.05) is 6.07 Å². The first kappa shape index (κ1) is 20.3. The molecule has 0 saturated heterocycles. The molecule has 1 amide bonds. The van der Waals surface area contributed by atoms with Gasteiger partial charge in [-0.1, -0.05) is 42.5 Å². The minimum absolute atomic E-state index is 0.114. The molecule has 1 aromatic heterocycles. The molecule has 2 heterocycles. The van der Waals surface area contributed by atoms with Crippen LogP contribution in [-0.4, -0.2) is 48.0 Å². The van der Waals surface area contributed by atoms with E-state index >= 15 is 0 Å². The molecule has 0 bridgehead atoms. The number of hydrogen-bond donors (Lipinski definition) is 3. The van der Waals surface area contributed by atoms with Gasteiger partial charge in [-0.05, 0) is 60.9 Å². The summed E-state index contributed by atoms with van der Waals surface area (Å²) < 4.78 is 0. The Labute approximate surface area is 184 Å². The first-order chi connectivity index (χ1) is 15.3. The van der Waals surface area contributed by atoms with Crippen molar-refractivity contribution in [1.29, 1.82) is 0 Å². The Hall–Kier alpha value is -2.63. The van der Waals surface area contributed by atoms with Crippen LogP contribution in [0.2, 0.25) is 0 Å². The number of fused-ring (bicyclic) bond motifs is 2. The smallest absolute Gasteiger partial charge is 0.237 e. The summed E-state index contributed by atoms with van der Waals surface area (Å²) in [5.74, 6) is 0.857. The number of hydrogen-bond acceptors (Lipinski definition) is 3. The van der Waals surface area contributed by atoms with Gasteiger partial charge in [-0.25, -0.2) is 0 Å². The maximum absolute atomic E-state index is 13.1. The number of benzene rings is 2. The predicted molar refractivity (Wildman–Crippen MR) is 125 cm³/mol. The fraction of sp³-hybridized carbons (Fsp3) is 0.423. The van der Waals surface area contributed by atoms with Crippen molar-refractivity contribution in [2.75, 3.05) is 26.2 Å². The minimum Gasteiger partial charge on any atom is -0.361 e. The number of H-pyrrole nitrogens is 1. The number of nitrogens with zero attached hydrogens (tertiary/aromatic N) is 1. The van der Waals surface area contributed by atoms with Crippen molar-refractivity contribution in [1.82, 2.24) is 20.5 Å². The minimum atomic E-state index is -0.193. The van der Waals surface area contributed by atoms with E-state index in [9.17, 15) is 4.79 Å². The van der Waals surface area contributed by atoms with Gasteiger partial charge >= 0.3 is 0 Å². The van der Waals surface area contributed by atoms with E-state index in [1.54, 1.807) is 0 Å². The van der Waals surface area contributed by atoms with Crippen molar-refractivity contribution in [3.05, 3.63) is 71.4 Å². The van der Waals surface area contributed by atoms with E-state index in [0.717, 1.165) is 44.0 Å². The molecule has 1 aliphatic carbocycles. The number of carbonyl (C=O) groups excluding carboxylic acids is 1. The van der Waals surface area contributed by atoms with Crippen LogP contribution in [0.1, 0.15) is 29.5 Å². The van der Waals surface area contributed by atoms with E-state index in [2.05, 4.69) is 69.2 Å². The van der Waals surface area contributed by atoms with Crippen molar-refractivity contribution in [3.8, 4) is 0 Å². The standard InChI is InChI=1S/C26H32N4O/c31-26(27-12-14-30-13-11-20-5-1-2-6-21(20)18-30)25(28-16-19-9-10-19)15-22-17-29-24-8-4-3-7-23(22)24/h1-8,17,19,25,28-29H,9-16,18H2,(H,27,31). The maximum Gasteiger partial charge on any atom is 0.237 e. The first-order valence-corrected chi connectivity index (χ1v) is 11.6. The van der Waals surface area contributed by atoms with Crippen LogP contribution in [0.4, 0.5) is 0 Å². The summed E-state index contributed by atoms with van der Waals surface area (Å²) in [6, 6.07) is 16.8. The van der Waals surface area contributed by atoms with Crippen LogP contribution in [0.15, 0.2) is 54.7 Å². The quantitative estimate of drug-likeness (QED) is 0.502. The van der Waals surface area contributed by atoms with Gasteiger partial charge in [0, 0.05) is 43.3 Å². The van der Waals surface area contributed by atoms with Crippen LogP contribution >= 0.6 is 0 Å². The molecule has 1 fully saturated rings. The van der Waals surface area contributed by atoms with Crippen LogP contribution in [0, 0.1) is 5.92 Å². The average molecular weight is 417 g/mol. The molecule has 5 nitrogen and oxygen atoms in total. The number of aromatic nitrogens is 1. The lowest BCUT2D eigenvalue weighted by Gasteiger charge is -2.29. The van der Waals surface area contributed by atoms with Crippen molar-refractivity contribution >= 4 is 16.8 Å². The van der Waals surface area contributed by atoms with Crippen LogP contribution < -0.4 is 10.6 Å². The molecule has 2 aromatic carbocycles. The molecule has 162 valence electrons.